The first-order valence-corrected chi connectivity index (χ1v) is 41.4. The van der Waals surface area contributed by atoms with E-state index in [9.17, 15) is 19.8 Å². The van der Waals surface area contributed by atoms with E-state index in [2.05, 4.69) is 55.6 Å². The molecule has 0 aliphatic carbocycles. The van der Waals surface area contributed by atoms with Crippen molar-refractivity contribution in [3.8, 4) is 0 Å². The van der Waals surface area contributed by atoms with Crippen LogP contribution in [0.1, 0.15) is 457 Å². The third-order valence-corrected chi connectivity index (χ3v) is 19.3. The Bertz CT molecular complexity index is 1520. The van der Waals surface area contributed by atoms with Gasteiger partial charge >= 0.3 is 5.97 Å². The molecule has 6 heteroatoms. The highest BCUT2D eigenvalue weighted by Gasteiger charge is 2.18. The van der Waals surface area contributed by atoms with E-state index in [0.29, 0.717) is 19.4 Å². The molecule has 3 N–H and O–H groups in total. The number of aliphatic hydroxyl groups is 2. The number of carbonyl (C=O) groups excluding carboxylic acids is 2. The summed E-state index contributed by atoms with van der Waals surface area (Å²) in [4.78, 5) is 24.6. The molecule has 1 amide bonds. The Labute approximate surface area is 569 Å². The lowest BCUT2D eigenvalue weighted by Crippen LogP contribution is -2.45. The van der Waals surface area contributed by atoms with E-state index in [-0.39, 0.29) is 18.5 Å². The number of ether oxygens (including phenoxy) is 1. The zero-order valence-electron chi connectivity index (χ0n) is 61.6. The van der Waals surface area contributed by atoms with Crippen LogP contribution in [0.15, 0.2) is 48.6 Å². The second-order valence-corrected chi connectivity index (χ2v) is 28.4. The average molecular weight is 1280 g/mol. The van der Waals surface area contributed by atoms with Gasteiger partial charge in [0.2, 0.25) is 5.91 Å². The molecule has 0 aromatic carbocycles. The third kappa shape index (κ3) is 76.7. The number of rotatable bonds is 78. The molecule has 0 saturated carbocycles. The molecule has 0 spiro atoms. The molecule has 0 bridgehead atoms. The van der Waals surface area contributed by atoms with Gasteiger partial charge < -0.3 is 20.3 Å². The van der Waals surface area contributed by atoms with Crippen LogP contribution in [0.3, 0.4) is 0 Å². The first-order valence-electron chi connectivity index (χ1n) is 41.4. The van der Waals surface area contributed by atoms with Gasteiger partial charge in [0.1, 0.15) is 0 Å². The molecular formula is C85H161NO5. The van der Waals surface area contributed by atoms with Crippen LogP contribution in [0.4, 0.5) is 0 Å². The van der Waals surface area contributed by atoms with Crippen LogP contribution < -0.4 is 5.32 Å². The summed E-state index contributed by atoms with van der Waals surface area (Å²) in [5.74, 6) is -0.0528. The lowest BCUT2D eigenvalue weighted by atomic mass is 10.0. The Balaban J connectivity index is 3.36. The second kappa shape index (κ2) is 80.3. The van der Waals surface area contributed by atoms with E-state index in [1.165, 1.54) is 379 Å². The minimum absolute atomic E-state index is 0.00623. The number of aliphatic hydroxyl groups excluding tert-OH is 2. The van der Waals surface area contributed by atoms with Crippen molar-refractivity contribution in [3.05, 3.63) is 48.6 Å². The third-order valence-electron chi connectivity index (χ3n) is 19.3. The van der Waals surface area contributed by atoms with Gasteiger partial charge in [-0.2, -0.15) is 0 Å². The summed E-state index contributed by atoms with van der Waals surface area (Å²) in [6.45, 7) is 4.88. The minimum atomic E-state index is -0.844. The Morgan fingerprint density at radius 2 is 0.571 bits per heavy atom. The van der Waals surface area contributed by atoms with Crippen molar-refractivity contribution in [2.75, 3.05) is 13.2 Å². The van der Waals surface area contributed by atoms with Crippen LogP contribution in [0.5, 0.6) is 0 Å². The van der Waals surface area contributed by atoms with Gasteiger partial charge in [-0.15, -0.1) is 0 Å². The van der Waals surface area contributed by atoms with Crippen molar-refractivity contribution in [1.29, 1.82) is 0 Å². The van der Waals surface area contributed by atoms with Crippen LogP contribution in [-0.2, 0) is 14.3 Å². The predicted molar refractivity (Wildman–Crippen MR) is 402 cm³/mol. The number of carbonyl (C=O) groups is 2. The summed E-state index contributed by atoms with van der Waals surface area (Å²) in [6, 6.07) is -0.627. The Morgan fingerprint density at radius 3 is 0.890 bits per heavy atom. The van der Waals surface area contributed by atoms with Crippen molar-refractivity contribution in [1.82, 2.24) is 5.32 Å². The lowest BCUT2D eigenvalue weighted by Gasteiger charge is -2.20. The van der Waals surface area contributed by atoms with Gasteiger partial charge in [-0.25, -0.2) is 0 Å². The van der Waals surface area contributed by atoms with Crippen molar-refractivity contribution >= 4 is 11.9 Å². The average Bonchev–Trinajstić information content (AvgIpc) is 3.68. The molecule has 536 valence electrons. The maximum Gasteiger partial charge on any atom is 0.305 e. The number of esters is 1. The smallest absolute Gasteiger partial charge is 0.305 e. The van der Waals surface area contributed by atoms with Crippen LogP contribution in [0.25, 0.3) is 0 Å². The van der Waals surface area contributed by atoms with Crippen LogP contribution >= 0.6 is 0 Å². The van der Waals surface area contributed by atoms with Gasteiger partial charge in [0.05, 0.1) is 25.4 Å². The van der Waals surface area contributed by atoms with Gasteiger partial charge in [-0.1, -0.05) is 409 Å². The summed E-state index contributed by atoms with van der Waals surface area (Å²) in [7, 11) is 0. The summed E-state index contributed by atoms with van der Waals surface area (Å²) >= 11 is 0. The lowest BCUT2D eigenvalue weighted by molar-refractivity contribution is -0.143. The highest BCUT2D eigenvalue weighted by atomic mass is 16.5. The number of allylic oxidation sites excluding steroid dienone is 7. The monoisotopic (exact) mass is 1280 g/mol. The van der Waals surface area contributed by atoms with E-state index in [1.54, 1.807) is 6.08 Å². The summed E-state index contributed by atoms with van der Waals surface area (Å²) in [5, 5.41) is 23.3. The van der Waals surface area contributed by atoms with Crippen molar-refractivity contribution in [2.45, 2.75) is 469 Å². The molecule has 0 aliphatic rings. The van der Waals surface area contributed by atoms with Crippen molar-refractivity contribution in [3.63, 3.8) is 0 Å². The van der Waals surface area contributed by atoms with Gasteiger partial charge in [0.25, 0.3) is 0 Å². The predicted octanol–water partition coefficient (Wildman–Crippen LogP) is 27.5. The number of hydrogen-bond donors (Lipinski definition) is 3. The zero-order chi connectivity index (χ0) is 65.6. The van der Waals surface area contributed by atoms with Crippen LogP contribution in [0, 0.1) is 0 Å². The number of hydrogen-bond acceptors (Lipinski definition) is 5. The SMILES string of the molecule is CCC/C=C\C/C=C\CCCCCCCC(=O)OCCCCCCCCCCCCCCCCCC/C=C\CCCCCCCCCCCCCCCCCCCC(=O)NC(CO)C(O)/C=C/CCCCCCCCCCCCCCCCCCCCCCCC. The van der Waals surface area contributed by atoms with Crippen molar-refractivity contribution in [2.24, 2.45) is 0 Å². The normalized spacial score (nSPS) is 12.7. The first-order chi connectivity index (χ1) is 45.0. The van der Waals surface area contributed by atoms with Crippen LogP contribution in [-0.4, -0.2) is 47.4 Å². The highest BCUT2D eigenvalue weighted by molar-refractivity contribution is 5.76. The molecular weight excluding hydrogens is 1110 g/mol. The van der Waals surface area contributed by atoms with Gasteiger partial charge in [-0.05, 0) is 83.5 Å². The summed E-state index contributed by atoms with van der Waals surface area (Å²) < 4.78 is 5.48. The first kappa shape index (κ1) is 88.8. The standard InChI is InChI=1S/C85H161NO5/c1-3-5-7-9-11-13-15-17-18-19-20-21-22-38-41-44-47-50-54-57-61-65-69-73-77-83(88)82(81-87)86-84(89)78-74-70-66-62-58-55-51-48-45-42-39-36-34-32-30-28-26-24-23-25-27-29-31-33-35-37-40-43-46-49-52-56-60-64-68-72-76-80-91-85(90)79-75-71-67-63-59-53-16-14-12-10-8-6-4-2/h8,10,14,16,23,25,73,77,82-83,87-88H,3-7,9,11-13,15,17-22,24,26-72,74-76,78-81H2,1-2H3,(H,86,89)/b10-8-,16-14-,25-23-,77-73+. The quantitative estimate of drug-likeness (QED) is 0.0320. The molecule has 91 heavy (non-hydrogen) atoms. The molecule has 0 saturated heterocycles. The molecule has 0 rings (SSSR count). The molecule has 0 fully saturated rings. The van der Waals surface area contributed by atoms with E-state index < -0.39 is 12.1 Å². The fourth-order valence-corrected chi connectivity index (χ4v) is 13.0. The highest BCUT2D eigenvalue weighted by Crippen LogP contribution is 2.20. The number of amides is 1. The number of nitrogens with one attached hydrogen (secondary N) is 1. The fourth-order valence-electron chi connectivity index (χ4n) is 13.0. The molecule has 0 radical (unpaired) electrons. The van der Waals surface area contributed by atoms with Gasteiger partial charge in [0, 0.05) is 12.8 Å². The molecule has 0 heterocycles. The molecule has 2 unspecified atom stereocenters. The minimum Gasteiger partial charge on any atom is -0.466 e. The Hall–Kier alpha value is -2.18. The zero-order valence-corrected chi connectivity index (χ0v) is 61.6. The Morgan fingerprint density at radius 1 is 0.308 bits per heavy atom. The maximum absolute atomic E-state index is 12.6. The van der Waals surface area contributed by atoms with Gasteiger partial charge in [-0.3, -0.25) is 9.59 Å². The maximum atomic E-state index is 12.6. The summed E-state index contributed by atoms with van der Waals surface area (Å²) in [6.07, 6.45) is 107. The molecule has 6 nitrogen and oxygen atoms in total. The van der Waals surface area contributed by atoms with Gasteiger partial charge in [0.15, 0.2) is 0 Å². The van der Waals surface area contributed by atoms with Crippen molar-refractivity contribution < 1.29 is 24.5 Å². The van der Waals surface area contributed by atoms with E-state index in [1.807, 2.05) is 6.08 Å². The van der Waals surface area contributed by atoms with Crippen LogP contribution in [0.2, 0.25) is 0 Å². The molecule has 0 aromatic heterocycles. The Kier molecular flexibility index (Phi) is 78.3. The van der Waals surface area contributed by atoms with E-state index in [0.717, 1.165) is 51.4 Å². The topological polar surface area (TPSA) is 95.9 Å². The molecule has 0 aliphatic heterocycles. The van der Waals surface area contributed by atoms with E-state index in [4.69, 9.17) is 4.74 Å². The molecule has 0 aromatic rings. The second-order valence-electron chi connectivity index (χ2n) is 28.4. The van der Waals surface area contributed by atoms with E-state index >= 15 is 0 Å². The summed E-state index contributed by atoms with van der Waals surface area (Å²) in [5.41, 5.74) is 0. The largest absolute Gasteiger partial charge is 0.466 e. The number of unbranched alkanes of at least 4 members (excludes halogenated alkanes) is 61. The molecule has 2 atom stereocenters. The fraction of sp³-hybridized carbons (Fsp3) is 0.882.